The van der Waals surface area contributed by atoms with Crippen molar-refractivity contribution in [1.29, 1.82) is 0 Å². The molecule has 0 amide bonds. The van der Waals surface area contributed by atoms with Gasteiger partial charge < -0.3 is 5.32 Å². The normalized spacial score (nSPS) is 21.5. The largest absolute Gasteiger partial charge is 0.378 e. The van der Waals surface area contributed by atoms with Crippen molar-refractivity contribution in [3.63, 3.8) is 0 Å². The second-order valence-electron chi connectivity index (χ2n) is 8.34. The maximum Gasteiger partial charge on any atom is 0.261 e. The number of nitrogens with one attached hydrogen (secondary N) is 2. The van der Waals surface area contributed by atoms with Crippen LogP contribution in [0.5, 0.6) is 0 Å². The monoisotopic (exact) mass is 484 g/mol. The molecule has 4 nitrogen and oxygen atoms in total. The number of hydrogen-bond donors (Lipinski definition) is 2. The quantitative estimate of drug-likeness (QED) is 0.394. The van der Waals surface area contributed by atoms with Gasteiger partial charge in [-0.25, -0.2) is 8.42 Å². The fourth-order valence-electron chi connectivity index (χ4n) is 4.71. The molecule has 32 heavy (non-hydrogen) atoms. The highest BCUT2D eigenvalue weighted by Gasteiger charge is 2.38. The molecule has 0 bridgehead atoms. The molecule has 0 saturated carbocycles. The van der Waals surface area contributed by atoms with Gasteiger partial charge in [-0.2, -0.15) is 0 Å². The Balaban J connectivity index is 1.49. The van der Waals surface area contributed by atoms with Crippen LogP contribution in [0.25, 0.3) is 0 Å². The van der Waals surface area contributed by atoms with Gasteiger partial charge in [0, 0.05) is 21.7 Å². The average molecular weight is 485 g/mol. The van der Waals surface area contributed by atoms with Crippen LogP contribution in [0.4, 0.5) is 11.4 Å². The molecule has 164 valence electrons. The van der Waals surface area contributed by atoms with Crippen molar-refractivity contribution in [2.75, 3.05) is 10.0 Å². The van der Waals surface area contributed by atoms with Crippen molar-refractivity contribution in [1.82, 2.24) is 0 Å². The summed E-state index contributed by atoms with van der Waals surface area (Å²) in [4.78, 5) is 0.243. The zero-order chi connectivity index (χ0) is 22.5. The van der Waals surface area contributed by atoms with Gasteiger partial charge in [0.2, 0.25) is 0 Å². The number of benzene rings is 3. The average Bonchev–Trinajstić information content (AvgIpc) is 3.25. The van der Waals surface area contributed by atoms with E-state index in [1.165, 1.54) is 0 Å². The lowest BCUT2D eigenvalue weighted by molar-refractivity contribution is 0.425. The van der Waals surface area contributed by atoms with E-state index in [9.17, 15) is 8.42 Å². The van der Waals surface area contributed by atoms with Gasteiger partial charge >= 0.3 is 0 Å². The van der Waals surface area contributed by atoms with Crippen LogP contribution in [-0.4, -0.2) is 8.42 Å². The molecule has 0 radical (unpaired) electrons. The smallest absolute Gasteiger partial charge is 0.261 e. The molecule has 0 aromatic heterocycles. The van der Waals surface area contributed by atoms with E-state index in [0.29, 0.717) is 21.7 Å². The SMILES string of the molecule is Cc1cc(Cl)ccc1NS(=O)(=O)c1ccc2c(c1)C1C=CCC1C(c1cccc(Cl)c1)N2. The van der Waals surface area contributed by atoms with Crippen LogP contribution in [-0.2, 0) is 10.0 Å². The zero-order valence-corrected chi connectivity index (χ0v) is 19.7. The summed E-state index contributed by atoms with van der Waals surface area (Å²) in [5.74, 6) is 0.438. The molecule has 2 aliphatic rings. The van der Waals surface area contributed by atoms with Crippen LogP contribution in [0.2, 0.25) is 10.0 Å². The summed E-state index contributed by atoms with van der Waals surface area (Å²) in [6, 6.07) is 18.4. The van der Waals surface area contributed by atoms with Crippen molar-refractivity contribution >= 4 is 44.6 Å². The van der Waals surface area contributed by atoms with E-state index in [1.54, 1.807) is 30.3 Å². The topological polar surface area (TPSA) is 58.2 Å². The maximum atomic E-state index is 13.1. The van der Waals surface area contributed by atoms with Crippen molar-refractivity contribution in [3.05, 3.63) is 99.6 Å². The Kier molecular flexibility index (Phi) is 5.44. The standard InChI is InChI=1S/C25H22Cl2N2O2S/c1-15-12-18(27)8-10-23(15)29-32(30,31)19-9-11-24-22(14-19)20-6-3-7-21(20)25(28-24)16-4-2-5-17(26)13-16/h2-6,8-14,20-21,25,28-29H,7H2,1H3. The second kappa shape index (κ2) is 8.14. The molecule has 5 rings (SSSR count). The zero-order valence-electron chi connectivity index (χ0n) is 17.3. The van der Waals surface area contributed by atoms with Gasteiger partial charge in [0.05, 0.1) is 16.6 Å². The predicted octanol–water partition coefficient (Wildman–Crippen LogP) is 6.93. The Bertz CT molecular complexity index is 1340. The number of halogens is 2. The molecule has 7 heteroatoms. The molecule has 3 unspecified atom stereocenters. The van der Waals surface area contributed by atoms with Crippen molar-refractivity contribution in [2.45, 2.75) is 30.2 Å². The highest BCUT2D eigenvalue weighted by molar-refractivity contribution is 7.92. The van der Waals surface area contributed by atoms with Gasteiger partial charge in [0.15, 0.2) is 0 Å². The van der Waals surface area contributed by atoms with Crippen LogP contribution < -0.4 is 10.0 Å². The second-order valence-corrected chi connectivity index (χ2v) is 10.9. The van der Waals surface area contributed by atoms with Crippen LogP contribution in [0.15, 0.2) is 77.7 Å². The van der Waals surface area contributed by atoms with Crippen LogP contribution >= 0.6 is 23.2 Å². The lowest BCUT2D eigenvalue weighted by Gasteiger charge is -2.37. The highest BCUT2D eigenvalue weighted by atomic mass is 35.5. The fourth-order valence-corrected chi connectivity index (χ4v) is 6.31. The summed E-state index contributed by atoms with van der Waals surface area (Å²) in [5, 5.41) is 4.91. The van der Waals surface area contributed by atoms with E-state index in [2.05, 4.69) is 28.3 Å². The first kappa shape index (κ1) is 21.4. The predicted molar refractivity (Wildman–Crippen MR) is 131 cm³/mol. The lowest BCUT2D eigenvalue weighted by Crippen LogP contribution is -2.29. The highest BCUT2D eigenvalue weighted by Crippen LogP contribution is 2.50. The Morgan fingerprint density at radius 3 is 2.59 bits per heavy atom. The van der Waals surface area contributed by atoms with Gasteiger partial charge in [-0.15, -0.1) is 0 Å². The molecule has 1 heterocycles. The maximum absolute atomic E-state index is 13.1. The summed E-state index contributed by atoms with van der Waals surface area (Å²) in [5.41, 5.74) is 4.37. The number of fused-ring (bicyclic) bond motifs is 3. The summed E-state index contributed by atoms with van der Waals surface area (Å²) in [7, 11) is -3.74. The first-order valence-electron chi connectivity index (χ1n) is 10.4. The van der Waals surface area contributed by atoms with Gasteiger partial charge in [-0.3, -0.25) is 4.72 Å². The number of hydrogen-bond acceptors (Lipinski definition) is 3. The molecular formula is C25H22Cl2N2O2S. The van der Waals surface area contributed by atoms with E-state index in [0.717, 1.165) is 28.8 Å². The van der Waals surface area contributed by atoms with Crippen LogP contribution in [0.1, 0.15) is 35.1 Å². The van der Waals surface area contributed by atoms with Crippen molar-refractivity contribution in [2.24, 2.45) is 5.92 Å². The van der Waals surface area contributed by atoms with Crippen molar-refractivity contribution in [3.8, 4) is 0 Å². The lowest BCUT2D eigenvalue weighted by atomic mass is 9.77. The molecule has 1 aliphatic heterocycles. The third-order valence-corrected chi connectivity index (χ3v) is 8.12. The number of anilines is 2. The van der Waals surface area contributed by atoms with E-state index >= 15 is 0 Å². The molecule has 0 saturated heterocycles. The van der Waals surface area contributed by atoms with Crippen molar-refractivity contribution < 1.29 is 8.42 Å². The first-order chi connectivity index (χ1) is 15.3. The molecule has 1 aliphatic carbocycles. The Morgan fingerprint density at radius 1 is 1.00 bits per heavy atom. The van der Waals surface area contributed by atoms with E-state index in [4.69, 9.17) is 23.2 Å². The molecule has 0 spiro atoms. The summed E-state index contributed by atoms with van der Waals surface area (Å²) in [6.07, 6.45) is 5.29. The number of allylic oxidation sites excluding steroid dienone is 2. The minimum atomic E-state index is -3.74. The molecule has 2 N–H and O–H groups in total. The summed E-state index contributed by atoms with van der Waals surface area (Å²) < 4.78 is 29.0. The number of rotatable bonds is 4. The fraction of sp³-hybridized carbons (Fsp3) is 0.200. The van der Waals surface area contributed by atoms with E-state index < -0.39 is 10.0 Å². The Morgan fingerprint density at radius 2 is 1.81 bits per heavy atom. The number of sulfonamides is 1. The molecule has 3 aromatic carbocycles. The van der Waals surface area contributed by atoms with Gasteiger partial charge in [0.25, 0.3) is 10.0 Å². The summed E-state index contributed by atoms with van der Waals surface area (Å²) >= 11 is 12.2. The molecular weight excluding hydrogens is 463 g/mol. The van der Waals surface area contributed by atoms with Gasteiger partial charge in [-0.1, -0.05) is 47.5 Å². The Labute approximate surface area is 198 Å². The van der Waals surface area contributed by atoms with Gasteiger partial charge in [0.1, 0.15) is 0 Å². The number of aryl methyl sites for hydroxylation is 1. The molecule has 3 aromatic rings. The third-order valence-electron chi connectivity index (χ3n) is 6.29. The summed E-state index contributed by atoms with van der Waals surface area (Å²) in [6.45, 7) is 1.82. The third kappa shape index (κ3) is 3.90. The van der Waals surface area contributed by atoms with Gasteiger partial charge in [-0.05, 0) is 84.5 Å². The van der Waals surface area contributed by atoms with E-state index in [1.807, 2.05) is 31.2 Å². The minimum absolute atomic E-state index is 0.110. The molecule has 0 fully saturated rings. The van der Waals surface area contributed by atoms with Crippen LogP contribution in [0, 0.1) is 12.8 Å². The minimum Gasteiger partial charge on any atom is -0.378 e. The molecule has 3 atom stereocenters. The van der Waals surface area contributed by atoms with E-state index in [-0.39, 0.29) is 16.9 Å². The first-order valence-corrected chi connectivity index (χ1v) is 12.7. The van der Waals surface area contributed by atoms with Crippen LogP contribution in [0.3, 0.4) is 0 Å². The Hall–Kier alpha value is -2.47.